The summed E-state index contributed by atoms with van der Waals surface area (Å²) in [6.45, 7) is 3.67. The molecule has 3 aromatic heterocycles. The second kappa shape index (κ2) is 13.3. The van der Waals surface area contributed by atoms with Crippen LogP contribution in [0.5, 0.6) is 11.5 Å². The van der Waals surface area contributed by atoms with Crippen molar-refractivity contribution in [1.82, 2.24) is 29.5 Å². The first-order valence-electron chi connectivity index (χ1n) is 16.0. The average Bonchev–Trinajstić information content (AvgIpc) is 3.69. The molecule has 2 N–H and O–H groups in total. The van der Waals surface area contributed by atoms with E-state index in [1.54, 1.807) is 18.9 Å². The van der Waals surface area contributed by atoms with Gasteiger partial charge in [0.2, 0.25) is 5.95 Å². The standard InChI is InChI=1S/C34H41N9O3/c1-41-22-24(20-35-41)31-30-32(36-25-7-5-4-6-8-25)38-34(39-33(30)43(40-31)21-23-9-12-27(44-2)13-10-23)37-28-14-11-26(19-29(28)45-3)42-15-17-46-18-16-42/h9-14,19-20,22,25H,4-8,15-18,21H2,1-3H3,(H2,36,37,38,39). The molecule has 0 amide bonds. The van der Waals surface area contributed by atoms with Gasteiger partial charge >= 0.3 is 0 Å². The Labute approximate surface area is 268 Å². The van der Waals surface area contributed by atoms with Crippen LogP contribution in [0.1, 0.15) is 37.7 Å². The van der Waals surface area contributed by atoms with Crippen molar-refractivity contribution in [1.29, 1.82) is 0 Å². The van der Waals surface area contributed by atoms with Crippen LogP contribution in [0.2, 0.25) is 0 Å². The molecule has 0 radical (unpaired) electrons. The molecule has 0 atom stereocenters. The maximum Gasteiger partial charge on any atom is 0.231 e. The molecule has 0 spiro atoms. The topological polar surface area (TPSA) is 116 Å². The summed E-state index contributed by atoms with van der Waals surface area (Å²) in [5.74, 6) is 2.77. The molecule has 2 fully saturated rings. The first-order valence-corrected chi connectivity index (χ1v) is 16.0. The number of aromatic nitrogens is 6. The van der Waals surface area contributed by atoms with E-state index in [-0.39, 0.29) is 0 Å². The highest BCUT2D eigenvalue weighted by Crippen LogP contribution is 2.37. The lowest BCUT2D eigenvalue weighted by molar-refractivity contribution is 0.122. The summed E-state index contributed by atoms with van der Waals surface area (Å²) in [5.41, 5.74) is 5.41. The number of ether oxygens (including phenoxy) is 3. The molecule has 7 rings (SSSR count). The lowest BCUT2D eigenvalue weighted by Crippen LogP contribution is -2.36. The van der Waals surface area contributed by atoms with Crippen LogP contribution in [-0.2, 0) is 18.3 Å². The minimum Gasteiger partial charge on any atom is -0.497 e. The quantitative estimate of drug-likeness (QED) is 0.203. The highest BCUT2D eigenvalue weighted by Gasteiger charge is 2.24. The Kier molecular flexibility index (Phi) is 8.60. The predicted molar refractivity (Wildman–Crippen MR) is 179 cm³/mol. The number of methoxy groups -OCH3 is 2. The average molecular weight is 624 g/mol. The summed E-state index contributed by atoms with van der Waals surface area (Å²) in [7, 11) is 5.28. The van der Waals surface area contributed by atoms with E-state index in [0.29, 0.717) is 18.5 Å². The number of rotatable bonds is 10. The molecule has 1 aliphatic carbocycles. The lowest BCUT2D eigenvalue weighted by Gasteiger charge is -2.29. The molecule has 0 bridgehead atoms. The van der Waals surface area contributed by atoms with Crippen molar-refractivity contribution in [2.75, 3.05) is 56.1 Å². The first-order chi connectivity index (χ1) is 22.6. The molecule has 2 aliphatic rings. The van der Waals surface area contributed by atoms with E-state index >= 15 is 0 Å². The molecule has 240 valence electrons. The van der Waals surface area contributed by atoms with Crippen molar-refractivity contribution >= 4 is 34.2 Å². The highest BCUT2D eigenvalue weighted by atomic mass is 16.5. The second-order valence-electron chi connectivity index (χ2n) is 11.9. The van der Waals surface area contributed by atoms with Crippen LogP contribution in [0, 0.1) is 0 Å². The van der Waals surface area contributed by atoms with E-state index in [1.807, 2.05) is 42.3 Å². The number of benzene rings is 2. The summed E-state index contributed by atoms with van der Waals surface area (Å²) in [4.78, 5) is 12.5. The van der Waals surface area contributed by atoms with Gasteiger partial charge in [0.15, 0.2) is 5.65 Å². The molecule has 46 heavy (non-hydrogen) atoms. The molecule has 2 aromatic carbocycles. The summed E-state index contributed by atoms with van der Waals surface area (Å²) in [6, 6.07) is 14.6. The molecule has 12 heteroatoms. The van der Waals surface area contributed by atoms with Gasteiger partial charge in [0.1, 0.15) is 23.0 Å². The normalized spacial score (nSPS) is 15.7. The Hall–Kier alpha value is -4.84. The third-order valence-corrected chi connectivity index (χ3v) is 8.82. The zero-order valence-corrected chi connectivity index (χ0v) is 26.7. The monoisotopic (exact) mass is 623 g/mol. The van der Waals surface area contributed by atoms with Crippen molar-refractivity contribution in [3.05, 3.63) is 60.4 Å². The summed E-state index contributed by atoms with van der Waals surface area (Å²) < 4.78 is 20.5. The lowest BCUT2D eigenvalue weighted by atomic mass is 9.95. The van der Waals surface area contributed by atoms with E-state index < -0.39 is 0 Å². The summed E-state index contributed by atoms with van der Waals surface area (Å²) in [6.07, 6.45) is 9.71. The van der Waals surface area contributed by atoms with Crippen molar-refractivity contribution in [2.45, 2.75) is 44.7 Å². The molecule has 5 aromatic rings. The van der Waals surface area contributed by atoms with E-state index in [4.69, 9.17) is 29.3 Å². The third-order valence-electron chi connectivity index (χ3n) is 8.82. The van der Waals surface area contributed by atoms with Gasteiger partial charge in [-0.15, -0.1) is 0 Å². The van der Waals surface area contributed by atoms with Crippen LogP contribution in [-0.4, -0.2) is 76.1 Å². The van der Waals surface area contributed by atoms with E-state index in [1.165, 1.54) is 19.3 Å². The number of hydrogen-bond donors (Lipinski definition) is 2. The van der Waals surface area contributed by atoms with E-state index in [2.05, 4.69) is 44.9 Å². The molecule has 12 nitrogen and oxygen atoms in total. The Morgan fingerprint density at radius 3 is 2.48 bits per heavy atom. The second-order valence-corrected chi connectivity index (χ2v) is 11.9. The van der Waals surface area contributed by atoms with Crippen LogP contribution >= 0.6 is 0 Å². The fraction of sp³-hybridized carbons (Fsp3) is 0.412. The Bertz CT molecular complexity index is 1790. The molecule has 4 heterocycles. The van der Waals surface area contributed by atoms with Gasteiger partial charge in [-0.3, -0.25) is 4.68 Å². The largest absolute Gasteiger partial charge is 0.497 e. The number of anilines is 4. The highest BCUT2D eigenvalue weighted by molar-refractivity contribution is 6.00. The van der Waals surface area contributed by atoms with Crippen molar-refractivity contribution in [3.8, 4) is 22.8 Å². The Morgan fingerprint density at radius 1 is 0.957 bits per heavy atom. The van der Waals surface area contributed by atoms with E-state index in [0.717, 1.165) is 95.7 Å². The molecular formula is C34H41N9O3. The van der Waals surface area contributed by atoms with Crippen LogP contribution < -0.4 is 25.0 Å². The third kappa shape index (κ3) is 6.30. The van der Waals surface area contributed by atoms with Crippen LogP contribution in [0.3, 0.4) is 0 Å². The molecule has 0 unspecified atom stereocenters. The van der Waals surface area contributed by atoms with Gasteiger partial charge in [-0.1, -0.05) is 31.4 Å². The Balaban J connectivity index is 1.32. The van der Waals surface area contributed by atoms with Crippen LogP contribution in [0.15, 0.2) is 54.9 Å². The number of nitrogens with one attached hydrogen (secondary N) is 2. The first kappa shape index (κ1) is 29.8. The van der Waals surface area contributed by atoms with E-state index in [9.17, 15) is 0 Å². The fourth-order valence-electron chi connectivity index (χ4n) is 6.35. The SMILES string of the molecule is COc1ccc(Cn2nc(-c3cnn(C)c3)c3c(NC4CCCCC4)nc(Nc4ccc(N5CCOCC5)cc4OC)nc32)cc1. The van der Waals surface area contributed by atoms with Gasteiger partial charge in [-0.25, -0.2) is 4.68 Å². The number of fused-ring (bicyclic) bond motifs is 1. The van der Waals surface area contributed by atoms with Gasteiger partial charge < -0.3 is 29.7 Å². The number of nitrogens with zero attached hydrogens (tertiary/aromatic N) is 7. The van der Waals surface area contributed by atoms with Crippen molar-refractivity contribution in [3.63, 3.8) is 0 Å². The zero-order valence-electron chi connectivity index (χ0n) is 26.7. The molecular weight excluding hydrogens is 582 g/mol. The van der Waals surface area contributed by atoms with Gasteiger partial charge in [0.25, 0.3) is 0 Å². The van der Waals surface area contributed by atoms with Crippen LogP contribution in [0.25, 0.3) is 22.3 Å². The predicted octanol–water partition coefficient (Wildman–Crippen LogP) is 5.62. The molecule has 1 saturated heterocycles. The van der Waals surface area contributed by atoms with Gasteiger partial charge in [0, 0.05) is 49.7 Å². The maximum absolute atomic E-state index is 5.85. The maximum atomic E-state index is 5.85. The zero-order chi connectivity index (χ0) is 31.5. The summed E-state index contributed by atoms with van der Waals surface area (Å²) in [5, 5.41) is 17.7. The van der Waals surface area contributed by atoms with Gasteiger partial charge in [-0.05, 0) is 42.7 Å². The molecule has 1 aliphatic heterocycles. The number of morpholine rings is 1. The van der Waals surface area contributed by atoms with Crippen molar-refractivity contribution < 1.29 is 14.2 Å². The smallest absolute Gasteiger partial charge is 0.231 e. The van der Waals surface area contributed by atoms with Crippen molar-refractivity contribution in [2.24, 2.45) is 7.05 Å². The van der Waals surface area contributed by atoms with Gasteiger partial charge in [0.05, 0.1) is 51.2 Å². The Morgan fingerprint density at radius 2 is 1.76 bits per heavy atom. The number of hydrogen-bond acceptors (Lipinski definition) is 10. The summed E-state index contributed by atoms with van der Waals surface area (Å²) >= 11 is 0. The molecule has 1 saturated carbocycles. The minimum atomic E-state index is 0.328. The van der Waals surface area contributed by atoms with Crippen LogP contribution in [0.4, 0.5) is 23.1 Å². The minimum absolute atomic E-state index is 0.328. The van der Waals surface area contributed by atoms with Gasteiger partial charge in [-0.2, -0.15) is 20.2 Å². The fourth-order valence-corrected chi connectivity index (χ4v) is 6.35. The number of aryl methyl sites for hydroxylation is 1.